The second-order valence-electron chi connectivity index (χ2n) is 7.60. The summed E-state index contributed by atoms with van der Waals surface area (Å²) in [5.41, 5.74) is 9.06. The van der Waals surface area contributed by atoms with Crippen LogP contribution in [0, 0.1) is 0 Å². The van der Waals surface area contributed by atoms with Gasteiger partial charge < -0.3 is 20.3 Å². The molecule has 0 radical (unpaired) electrons. The fraction of sp³-hybridized carbons (Fsp3) is 0.440. The molecule has 3 N–H and O–H groups in total. The van der Waals surface area contributed by atoms with Crippen LogP contribution in [0.3, 0.4) is 0 Å². The number of rotatable bonds is 12. The number of hydrogen-bond donors (Lipinski definition) is 2. The van der Waals surface area contributed by atoms with Crippen molar-refractivity contribution < 1.29 is 24.2 Å². The van der Waals surface area contributed by atoms with Crippen LogP contribution in [0.25, 0.3) is 0 Å². The van der Waals surface area contributed by atoms with Crippen molar-refractivity contribution in [1.82, 2.24) is 0 Å². The summed E-state index contributed by atoms with van der Waals surface area (Å²) in [6.07, 6.45) is 3.71. The molecule has 6 nitrogen and oxygen atoms in total. The standard InChI is InChI=1S/C25H33NO5/c1-5-8-20-22(12-10-18(16(3)27)24(20)26)30-14-7-15-31-23-13-11-19(17(4)28)25(29)21(23)9-6-2/h10-13,29H,5-9,14-15,26H2,1-4H3. The van der Waals surface area contributed by atoms with Gasteiger partial charge in [0.25, 0.3) is 0 Å². The predicted molar refractivity (Wildman–Crippen MR) is 123 cm³/mol. The minimum Gasteiger partial charge on any atom is -0.507 e. The Morgan fingerprint density at radius 3 is 1.84 bits per heavy atom. The molecule has 168 valence electrons. The van der Waals surface area contributed by atoms with E-state index in [1.165, 1.54) is 13.8 Å². The van der Waals surface area contributed by atoms with Gasteiger partial charge in [-0.05, 0) is 51.0 Å². The third-order valence-electron chi connectivity index (χ3n) is 5.12. The third kappa shape index (κ3) is 6.00. The molecular weight excluding hydrogens is 394 g/mol. The van der Waals surface area contributed by atoms with Gasteiger partial charge in [-0.3, -0.25) is 9.59 Å². The minimum absolute atomic E-state index is 0.00773. The van der Waals surface area contributed by atoms with Gasteiger partial charge in [0.2, 0.25) is 0 Å². The maximum atomic E-state index is 11.8. The molecule has 0 atom stereocenters. The number of benzene rings is 2. The van der Waals surface area contributed by atoms with E-state index in [4.69, 9.17) is 15.2 Å². The fourth-order valence-electron chi connectivity index (χ4n) is 3.55. The largest absolute Gasteiger partial charge is 0.507 e. The van der Waals surface area contributed by atoms with E-state index in [1.807, 2.05) is 6.92 Å². The van der Waals surface area contributed by atoms with Crippen LogP contribution < -0.4 is 15.2 Å². The molecule has 0 fully saturated rings. The topological polar surface area (TPSA) is 98.9 Å². The van der Waals surface area contributed by atoms with Gasteiger partial charge in [0, 0.05) is 28.8 Å². The summed E-state index contributed by atoms with van der Waals surface area (Å²) >= 11 is 0. The number of anilines is 1. The lowest BCUT2D eigenvalue weighted by Gasteiger charge is -2.16. The Morgan fingerprint density at radius 1 is 0.839 bits per heavy atom. The van der Waals surface area contributed by atoms with Gasteiger partial charge in [0.15, 0.2) is 11.6 Å². The summed E-state index contributed by atoms with van der Waals surface area (Å²) in [6.45, 7) is 7.83. The van der Waals surface area contributed by atoms with E-state index < -0.39 is 0 Å². The van der Waals surface area contributed by atoms with Gasteiger partial charge in [-0.25, -0.2) is 0 Å². The molecule has 2 rings (SSSR count). The summed E-state index contributed by atoms with van der Waals surface area (Å²) in [5, 5.41) is 10.4. The fourth-order valence-corrected chi connectivity index (χ4v) is 3.55. The molecule has 6 heteroatoms. The number of aromatic hydroxyl groups is 1. The first-order valence-corrected chi connectivity index (χ1v) is 10.8. The molecule has 0 aliphatic heterocycles. The van der Waals surface area contributed by atoms with E-state index in [9.17, 15) is 14.7 Å². The highest BCUT2D eigenvalue weighted by Crippen LogP contribution is 2.33. The molecule has 0 aliphatic carbocycles. The lowest BCUT2D eigenvalue weighted by molar-refractivity contribution is 0.100. The zero-order valence-corrected chi connectivity index (χ0v) is 18.9. The Bertz CT molecular complexity index is 860. The Hall–Kier alpha value is -3.02. The summed E-state index contributed by atoms with van der Waals surface area (Å²) in [4.78, 5) is 23.4. The Balaban J connectivity index is 2.01. The normalized spacial score (nSPS) is 10.7. The first-order chi connectivity index (χ1) is 14.8. The number of hydrogen-bond acceptors (Lipinski definition) is 6. The van der Waals surface area contributed by atoms with Crippen molar-refractivity contribution in [3.8, 4) is 17.2 Å². The summed E-state index contributed by atoms with van der Waals surface area (Å²) < 4.78 is 11.8. The average molecular weight is 428 g/mol. The van der Waals surface area contributed by atoms with Crippen molar-refractivity contribution in [3.63, 3.8) is 0 Å². The van der Waals surface area contributed by atoms with Gasteiger partial charge in [-0.2, -0.15) is 0 Å². The Kier molecular flexibility index (Phi) is 8.91. The monoisotopic (exact) mass is 427 g/mol. The SMILES string of the molecule is CCCc1c(OCCCOc2ccc(C(C)=O)c(O)c2CCC)ccc(C(C)=O)c1N. The van der Waals surface area contributed by atoms with Crippen molar-refractivity contribution in [2.45, 2.75) is 59.8 Å². The van der Waals surface area contributed by atoms with Crippen LogP contribution in [0.5, 0.6) is 17.2 Å². The third-order valence-corrected chi connectivity index (χ3v) is 5.12. The highest BCUT2D eigenvalue weighted by atomic mass is 16.5. The molecule has 2 aromatic carbocycles. The lowest BCUT2D eigenvalue weighted by atomic mass is 10.0. The van der Waals surface area contributed by atoms with Crippen LogP contribution in [-0.2, 0) is 12.8 Å². The van der Waals surface area contributed by atoms with Crippen molar-refractivity contribution in [3.05, 3.63) is 46.5 Å². The number of nitrogen functional groups attached to an aromatic ring is 1. The highest BCUT2D eigenvalue weighted by molar-refractivity contribution is 6.00. The van der Waals surface area contributed by atoms with Gasteiger partial charge in [-0.15, -0.1) is 0 Å². The molecule has 0 saturated carbocycles. The quantitative estimate of drug-likeness (QED) is 0.277. The maximum absolute atomic E-state index is 11.8. The van der Waals surface area contributed by atoms with Crippen molar-refractivity contribution in [2.75, 3.05) is 18.9 Å². The average Bonchev–Trinajstić information content (AvgIpc) is 2.71. The Labute approximate surface area is 184 Å². The van der Waals surface area contributed by atoms with E-state index in [0.717, 1.165) is 24.8 Å². The number of ketones is 2. The van der Waals surface area contributed by atoms with Gasteiger partial charge in [0.05, 0.1) is 18.8 Å². The van der Waals surface area contributed by atoms with E-state index in [0.29, 0.717) is 59.9 Å². The Morgan fingerprint density at radius 2 is 1.32 bits per heavy atom. The zero-order valence-electron chi connectivity index (χ0n) is 18.9. The number of carbonyl (C=O) groups excluding carboxylic acids is 2. The van der Waals surface area contributed by atoms with Crippen LogP contribution in [0.15, 0.2) is 24.3 Å². The van der Waals surface area contributed by atoms with E-state index >= 15 is 0 Å². The van der Waals surface area contributed by atoms with Crippen LogP contribution in [0.2, 0.25) is 0 Å². The number of ether oxygens (including phenoxy) is 2. The maximum Gasteiger partial charge on any atom is 0.163 e. The van der Waals surface area contributed by atoms with Crippen LogP contribution in [-0.4, -0.2) is 29.9 Å². The number of Topliss-reactive ketones (excluding diaryl/α,β-unsaturated/α-hetero) is 2. The number of nitrogens with two attached hydrogens (primary N) is 1. The van der Waals surface area contributed by atoms with Crippen LogP contribution in [0.4, 0.5) is 5.69 Å². The second kappa shape index (κ2) is 11.4. The highest BCUT2D eigenvalue weighted by Gasteiger charge is 2.16. The van der Waals surface area contributed by atoms with Crippen molar-refractivity contribution in [1.29, 1.82) is 0 Å². The minimum atomic E-state index is -0.173. The summed E-state index contributed by atoms with van der Waals surface area (Å²) in [5.74, 6) is 1.06. The molecule has 0 amide bonds. The molecule has 0 unspecified atom stereocenters. The molecule has 0 aromatic heterocycles. The summed E-state index contributed by atoms with van der Waals surface area (Å²) in [7, 11) is 0. The second-order valence-corrected chi connectivity index (χ2v) is 7.60. The number of carbonyl (C=O) groups is 2. The van der Waals surface area contributed by atoms with Gasteiger partial charge in [-0.1, -0.05) is 26.7 Å². The molecular formula is C25H33NO5. The molecule has 0 saturated heterocycles. The molecule has 2 aromatic rings. The predicted octanol–water partition coefficient (Wildman–Crippen LogP) is 5.13. The van der Waals surface area contributed by atoms with Crippen molar-refractivity contribution >= 4 is 17.3 Å². The van der Waals surface area contributed by atoms with Crippen LogP contribution >= 0.6 is 0 Å². The van der Waals surface area contributed by atoms with E-state index in [1.54, 1.807) is 24.3 Å². The van der Waals surface area contributed by atoms with Gasteiger partial charge >= 0.3 is 0 Å². The number of phenolic OH excluding ortho intramolecular Hbond substituents is 1. The van der Waals surface area contributed by atoms with E-state index in [2.05, 4.69) is 6.92 Å². The molecule has 0 aliphatic rings. The molecule has 31 heavy (non-hydrogen) atoms. The molecule has 0 heterocycles. The zero-order chi connectivity index (χ0) is 23.0. The van der Waals surface area contributed by atoms with E-state index in [-0.39, 0.29) is 17.3 Å². The first-order valence-electron chi connectivity index (χ1n) is 10.8. The lowest BCUT2D eigenvalue weighted by Crippen LogP contribution is -2.10. The molecule has 0 bridgehead atoms. The molecule has 0 spiro atoms. The summed E-state index contributed by atoms with van der Waals surface area (Å²) in [6, 6.07) is 6.84. The first kappa shape index (κ1) is 24.3. The van der Waals surface area contributed by atoms with Crippen molar-refractivity contribution in [2.24, 2.45) is 0 Å². The number of phenols is 1. The van der Waals surface area contributed by atoms with Crippen LogP contribution in [0.1, 0.15) is 78.8 Å². The smallest absolute Gasteiger partial charge is 0.163 e. The van der Waals surface area contributed by atoms with Gasteiger partial charge in [0.1, 0.15) is 17.2 Å².